The summed E-state index contributed by atoms with van der Waals surface area (Å²) in [6, 6.07) is 7.63. The molecule has 2 atom stereocenters. The van der Waals surface area contributed by atoms with Crippen LogP contribution in [0, 0.1) is 0 Å². The number of nitrogens with one attached hydrogen (secondary N) is 1. The van der Waals surface area contributed by atoms with E-state index in [0.717, 1.165) is 30.5 Å². The standard InChI is InChI=1S/C18H25N3O3S2/c1-3-25-14-9-8-13(10-14)19-18(22)11-21-16-7-5-4-6-15(16)20-17(21)12-26(2,23)24/h4-7,13-14H,3,8-12H2,1-2H3,(H,19,22). The molecule has 0 aliphatic heterocycles. The van der Waals surface area contributed by atoms with Crippen LogP contribution in [0.2, 0.25) is 0 Å². The highest BCUT2D eigenvalue weighted by molar-refractivity contribution is 7.99. The summed E-state index contributed by atoms with van der Waals surface area (Å²) in [5, 5.41) is 3.74. The third-order valence-corrected chi connectivity index (χ3v) is 6.59. The maximum absolute atomic E-state index is 12.6. The van der Waals surface area contributed by atoms with E-state index in [2.05, 4.69) is 17.2 Å². The summed E-state index contributed by atoms with van der Waals surface area (Å²) in [5.41, 5.74) is 1.49. The average molecular weight is 396 g/mol. The molecular formula is C18H25N3O3S2. The smallest absolute Gasteiger partial charge is 0.240 e. The average Bonchev–Trinajstić information content (AvgIpc) is 3.11. The molecule has 142 valence electrons. The van der Waals surface area contributed by atoms with Crippen molar-refractivity contribution in [1.29, 1.82) is 0 Å². The van der Waals surface area contributed by atoms with Crippen molar-refractivity contribution in [2.75, 3.05) is 12.0 Å². The van der Waals surface area contributed by atoms with Gasteiger partial charge in [0.15, 0.2) is 9.84 Å². The van der Waals surface area contributed by atoms with Crippen LogP contribution in [0.25, 0.3) is 11.0 Å². The largest absolute Gasteiger partial charge is 0.352 e. The van der Waals surface area contributed by atoms with E-state index in [4.69, 9.17) is 0 Å². The molecule has 1 fully saturated rings. The van der Waals surface area contributed by atoms with Gasteiger partial charge in [-0.05, 0) is 37.1 Å². The first-order valence-electron chi connectivity index (χ1n) is 8.88. The highest BCUT2D eigenvalue weighted by Gasteiger charge is 2.26. The molecule has 1 aromatic heterocycles. The number of aromatic nitrogens is 2. The van der Waals surface area contributed by atoms with Crippen molar-refractivity contribution in [3.8, 4) is 0 Å². The number of amides is 1. The molecule has 2 unspecified atom stereocenters. The summed E-state index contributed by atoms with van der Waals surface area (Å²) in [4.78, 5) is 17.0. The predicted octanol–water partition coefficient (Wildman–Crippen LogP) is 2.37. The molecular weight excluding hydrogens is 370 g/mol. The maximum atomic E-state index is 12.6. The molecule has 1 amide bonds. The lowest BCUT2D eigenvalue weighted by Crippen LogP contribution is -2.36. The maximum Gasteiger partial charge on any atom is 0.240 e. The molecule has 3 rings (SSSR count). The fourth-order valence-corrected chi connectivity index (χ4v) is 5.35. The normalized spacial score (nSPS) is 20.5. The van der Waals surface area contributed by atoms with Crippen molar-refractivity contribution in [1.82, 2.24) is 14.9 Å². The predicted molar refractivity (Wildman–Crippen MR) is 106 cm³/mol. The zero-order chi connectivity index (χ0) is 18.7. The van der Waals surface area contributed by atoms with Gasteiger partial charge in [0, 0.05) is 17.5 Å². The van der Waals surface area contributed by atoms with E-state index in [-0.39, 0.29) is 24.2 Å². The van der Waals surface area contributed by atoms with Crippen molar-refractivity contribution in [2.24, 2.45) is 0 Å². The van der Waals surface area contributed by atoms with E-state index in [1.807, 2.05) is 36.0 Å². The quantitative estimate of drug-likeness (QED) is 0.778. The Morgan fingerprint density at radius 3 is 2.85 bits per heavy atom. The molecule has 1 heterocycles. The molecule has 0 saturated heterocycles. The number of rotatable bonds is 7. The Balaban J connectivity index is 1.75. The van der Waals surface area contributed by atoms with Crippen LogP contribution in [0.15, 0.2) is 24.3 Å². The van der Waals surface area contributed by atoms with E-state index >= 15 is 0 Å². The van der Waals surface area contributed by atoms with Crippen LogP contribution in [-0.2, 0) is 26.9 Å². The van der Waals surface area contributed by atoms with Gasteiger partial charge in [0.05, 0.1) is 11.0 Å². The SMILES string of the molecule is CCSC1CCC(NC(=O)Cn2c(CS(C)(=O)=O)nc3ccccc32)C1. The zero-order valence-corrected chi connectivity index (χ0v) is 16.8. The Labute approximate surface area is 158 Å². The number of para-hydroxylation sites is 2. The second-order valence-corrected chi connectivity index (χ2v) is 10.5. The van der Waals surface area contributed by atoms with Crippen LogP contribution in [-0.4, -0.2) is 47.2 Å². The minimum atomic E-state index is -3.24. The van der Waals surface area contributed by atoms with E-state index in [1.54, 1.807) is 4.57 Å². The Hall–Kier alpha value is -1.54. The van der Waals surface area contributed by atoms with E-state index < -0.39 is 9.84 Å². The number of sulfone groups is 1. The fraction of sp³-hybridized carbons (Fsp3) is 0.556. The summed E-state index contributed by atoms with van der Waals surface area (Å²) in [7, 11) is -3.24. The minimum Gasteiger partial charge on any atom is -0.352 e. The molecule has 2 aromatic rings. The molecule has 0 radical (unpaired) electrons. The first kappa shape index (κ1) is 19.2. The monoisotopic (exact) mass is 395 g/mol. The first-order chi connectivity index (χ1) is 12.4. The summed E-state index contributed by atoms with van der Waals surface area (Å²) in [5.74, 6) is 1.25. The van der Waals surface area contributed by atoms with Crippen LogP contribution < -0.4 is 5.32 Å². The molecule has 26 heavy (non-hydrogen) atoms. The lowest BCUT2D eigenvalue weighted by molar-refractivity contribution is -0.122. The van der Waals surface area contributed by atoms with Crippen LogP contribution in [0.4, 0.5) is 0 Å². The van der Waals surface area contributed by atoms with E-state index in [0.29, 0.717) is 16.6 Å². The number of imidazole rings is 1. The fourth-order valence-electron chi connectivity index (χ4n) is 3.52. The highest BCUT2D eigenvalue weighted by atomic mass is 32.2. The van der Waals surface area contributed by atoms with Crippen molar-refractivity contribution in [2.45, 2.75) is 49.8 Å². The van der Waals surface area contributed by atoms with Gasteiger partial charge in [-0.2, -0.15) is 11.8 Å². The van der Waals surface area contributed by atoms with Gasteiger partial charge in [-0.15, -0.1) is 0 Å². The molecule has 1 aliphatic rings. The summed E-state index contributed by atoms with van der Waals surface area (Å²) < 4.78 is 25.2. The number of carbonyl (C=O) groups is 1. The third-order valence-electron chi connectivity index (χ3n) is 4.58. The molecule has 1 N–H and O–H groups in total. The van der Waals surface area contributed by atoms with Crippen molar-refractivity contribution in [3.63, 3.8) is 0 Å². The third kappa shape index (κ3) is 4.79. The number of hydrogen-bond acceptors (Lipinski definition) is 5. The summed E-state index contributed by atoms with van der Waals surface area (Å²) in [6.07, 6.45) is 4.33. The van der Waals surface area contributed by atoms with Crippen LogP contribution in [0.1, 0.15) is 32.0 Å². The van der Waals surface area contributed by atoms with Gasteiger partial charge >= 0.3 is 0 Å². The lowest BCUT2D eigenvalue weighted by atomic mass is 10.2. The first-order valence-corrected chi connectivity index (χ1v) is 12.0. The van der Waals surface area contributed by atoms with Gasteiger partial charge in [0.2, 0.25) is 5.91 Å². The zero-order valence-electron chi connectivity index (χ0n) is 15.1. The highest BCUT2D eigenvalue weighted by Crippen LogP contribution is 2.29. The molecule has 8 heteroatoms. The molecule has 0 spiro atoms. The molecule has 1 aliphatic carbocycles. The number of nitrogens with zero attached hydrogens (tertiary/aromatic N) is 2. The number of benzene rings is 1. The summed E-state index contributed by atoms with van der Waals surface area (Å²) >= 11 is 1.95. The number of hydrogen-bond donors (Lipinski definition) is 1. The van der Waals surface area contributed by atoms with Gasteiger partial charge in [-0.1, -0.05) is 19.1 Å². The van der Waals surface area contributed by atoms with Crippen molar-refractivity contribution < 1.29 is 13.2 Å². The second-order valence-electron chi connectivity index (χ2n) is 6.83. The Kier molecular flexibility index (Phi) is 5.92. The second kappa shape index (κ2) is 8.00. The van der Waals surface area contributed by atoms with Crippen molar-refractivity contribution >= 4 is 38.5 Å². The molecule has 6 nitrogen and oxygen atoms in total. The van der Waals surface area contributed by atoms with Crippen LogP contribution in [0.3, 0.4) is 0 Å². The number of carbonyl (C=O) groups excluding carboxylic acids is 1. The topological polar surface area (TPSA) is 81.1 Å². The lowest BCUT2D eigenvalue weighted by Gasteiger charge is -2.15. The van der Waals surface area contributed by atoms with Gasteiger partial charge in [0.1, 0.15) is 18.1 Å². The van der Waals surface area contributed by atoms with E-state index in [9.17, 15) is 13.2 Å². The molecule has 1 saturated carbocycles. The minimum absolute atomic E-state index is 0.0879. The number of fused-ring (bicyclic) bond motifs is 1. The summed E-state index contributed by atoms with van der Waals surface area (Å²) in [6.45, 7) is 2.25. The van der Waals surface area contributed by atoms with E-state index in [1.165, 1.54) is 6.26 Å². The molecule has 1 aromatic carbocycles. The molecule has 0 bridgehead atoms. The van der Waals surface area contributed by atoms with Crippen LogP contribution in [0.5, 0.6) is 0 Å². The van der Waals surface area contributed by atoms with Crippen LogP contribution >= 0.6 is 11.8 Å². The van der Waals surface area contributed by atoms with Crippen molar-refractivity contribution in [3.05, 3.63) is 30.1 Å². The Morgan fingerprint density at radius 1 is 1.35 bits per heavy atom. The number of thioether (sulfide) groups is 1. The van der Waals surface area contributed by atoms with Gasteiger partial charge < -0.3 is 9.88 Å². The van der Waals surface area contributed by atoms with Gasteiger partial charge in [0.25, 0.3) is 0 Å². The van der Waals surface area contributed by atoms with Gasteiger partial charge in [-0.25, -0.2) is 13.4 Å². The Bertz CT molecular complexity index is 892. The van der Waals surface area contributed by atoms with Gasteiger partial charge in [-0.3, -0.25) is 4.79 Å². The Morgan fingerprint density at radius 2 is 2.12 bits per heavy atom.